The van der Waals surface area contributed by atoms with Crippen molar-refractivity contribution in [1.29, 1.82) is 0 Å². The van der Waals surface area contributed by atoms with Crippen molar-refractivity contribution >= 4 is 31.9 Å². The van der Waals surface area contributed by atoms with Gasteiger partial charge in [-0.3, -0.25) is 0 Å². The summed E-state index contributed by atoms with van der Waals surface area (Å²) < 4.78 is 7.01. The first-order chi connectivity index (χ1) is 14.5. The summed E-state index contributed by atoms with van der Waals surface area (Å²) in [6, 6.07) is 25.4. The largest absolute Gasteiger partial charge is 0.497 e. The molecule has 0 N–H and O–H groups in total. The highest BCUT2D eigenvalue weighted by Gasteiger charge is 2.47. The molecule has 1 aliphatic rings. The molecule has 0 unspecified atom stereocenters. The average Bonchev–Trinajstić information content (AvgIpc) is 3.04. The quantitative estimate of drug-likeness (QED) is 0.248. The van der Waals surface area contributed by atoms with Crippen LogP contribution in [0.15, 0.2) is 82.0 Å². The molecule has 0 radical (unpaired) electrons. The predicted molar refractivity (Wildman–Crippen MR) is 126 cm³/mol. The molecule has 0 spiro atoms. The van der Waals surface area contributed by atoms with Crippen LogP contribution < -0.4 is 4.74 Å². The van der Waals surface area contributed by atoms with Gasteiger partial charge in [-0.25, -0.2) is 9.97 Å². The summed E-state index contributed by atoms with van der Waals surface area (Å²) in [5.74, 6) is 0.833. The van der Waals surface area contributed by atoms with Crippen LogP contribution in [0.3, 0.4) is 0 Å². The van der Waals surface area contributed by atoms with Crippen molar-refractivity contribution in [2.75, 3.05) is 7.11 Å². The first-order valence-electron chi connectivity index (χ1n) is 9.60. The Morgan fingerprint density at radius 1 is 0.667 bits per heavy atom. The van der Waals surface area contributed by atoms with Gasteiger partial charge in [0.05, 0.1) is 23.9 Å². The average molecular weight is 522 g/mol. The van der Waals surface area contributed by atoms with E-state index in [-0.39, 0.29) is 0 Å². The number of ether oxygens (including phenoxy) is 1. The second kappa shape index (κ2) is 7.33. The van der Waals surface area contributed by atoms with Crippen molar-refractivity contribution in [1.82, 2.24) is 9.97 Å². The fourth-order valence-corrected chi connectivity index (χ4v) is 5.03. The standard InChI is InChI=1S/C25H18Br2N2O/c1-15-3-5-16(6-4-15)25(17-7-9-18(30-2)10-8-17)19-11-13-21(26)28-23(19)24-20(25)12-14-22(27)29-24/h3-14H,1-2H3. The molecule has 0 saturated heterocycles. The summed E-state index contributed by atoms with van der Waals surface area (Å²) in [5.41, 5.74) is 7.11. The number of fused-ring (bicyclic) bond motifs is 3. The molecule has 0 aliphatic heterocycles. The number of benzene rings is 2. The van der Waals surface area contributed by atoms with Crippen molar-refractivity contribution in [3.8, 4) is 17.1 Å². The molecule has 0 fully saturated rings. The minimum absolute atomic E-state index is 0.508. The molecule has 1 aliphatic carbocycles. The van der Waals surface area contributed by atoms with Gasteiger partial charge in [-0.15, -0.1) is 0 Å². The molecule has 148 valence electrons. The van der Waals surface area contributed by atoms with E-state index >= 15 is 0 Å². The third kappa shape index (κ3) is 2.83. The monoisotopic (exact) mass is 520 g/mol. The lowest BCUT2D eigenvalue weighted by atomic mass is 9.68. The van der Waals surface area contributed by atoms with Crippen molar-refractivity contribution < 1.29 is 4.74 Å². The number of nitrogens with zero attached hydrogens (tertiary/aromatic N) is 2. The Labute approximate surface area is 192 Å². The highest BCUT2D eigenvalue weighted by molar-refractivity contribution is 9.10. The summed E-state index contributed by atoms with van der Waals surface area (Å²) in [6.07, 6.45) is 0. The van der Waals surface area contributed by atoms with Crippen LogP contribution >= 0.6 is 31.9 Å². The first-order valence-corrected chi connectivity index (χ1v) is 11.2. The summed E-state index contributed by atoms with van der Waals surface area (Å²) in [4.78, 5) is 9.68. The number of hydrogen-bond donors (Lipinski definition) is 0. The second-order valence-corrected chi connectivity index (χ2v) is 9.03. The van der Waals surface area contributed by atoms with Crippen LogP contribution in [0.2, 0.25) is 0 Å². The maximum atomic E-state index is 5.42. The third-order valence-corrected chi connectivity index (χ3v) is 6.65. The molecule has 2 heterocycles. The minimum Gasteiger partial charge on any atom is -0.497 e. The zero-order chi connectivity index (χ0) is 20.9. The van der Waals surface area contributed by atoms with E-state index in [0.717, 1.165) is 43.0 Å². The molecule has 3 nitrogen and oxygen atoms in total. The Kier molecular flexibility index (Phi) is 4.75. The first kappa shape index (κ1) is 19.5. The highest BCUT2D eigenvalue weighted by atomic mass is 79.9. The van der Waals surface area contributed by atoms with Gasteiger partial charge in [0.1, 0.15) is 15.0 Å². The topological polar surface area (TPSA) is 35.0 Å². The van der Waals surface area contributed by atoms with Gasteiger partial charge in [-0.2, -0.15) is 0 Å². The molecule has 4 aromatic rings. The molecule has 5 rings (SSSR count). The maximum Gasteiger partial charge on any atom is 0.118 e. The molecule has 2 aromatic carbocycles. The van der Waals surface area contributed by atoms with E-state index in [0.29, 0.717) is 0 Å². The van der Waals surface area contributed by atoms with Crippen molar-refractivity contribution in [3.05, 3.63) is 110 Å². The van der Waals surface area contributed by atoms with Gasteiger partial charge in [0.2, 0.25) is 0 Å². The van der Waals surface area contributed by atoms with Gasteiger partial charge in [0, 0.05) is 0 Å². The van der Waals surface area contributed by atoms with Crippen LogP contribution in [0, 0.1) is 6.92 Å². The molecule has 5 heteroatoms. The summed E-state index contributed by atoms with van der Waals surface area (Å²) >= 11 is 7.09. The SMILES string of the molecule is COc1ccc(C2(c3ccc(C)cc3)c3ccc(Br)nc3-c3nc(Br)ccc32)cc1. The molecule has 0 atom stereocenters. The number of pyridine rings is 2. The molecular weight excluding hydrogens is 504 g/mol. The van der Waals surface area contributed by atoms with E-state index in [1.807, 2.05) is 24.3 Å². The van der Waals surface area contributed by atoms with Crippen molar-refractivity contribution in [3.63, 3.8) is 0 Å². The maximum absolute atomic E-state index is 5.42. The summed E-state index contributed by atoms with van der Waals surface area (Å²) in [6.45, 7) is 2.11. The predicted octanol–water partition coefficient (Wildman–Crippen LogP) is 6.68. The molecule has 0 amide bonds. The Balaban J connectivity index is 1.92. The lowest BCUT2D eigenvalue weighted by Crippen LogP contribution is -2.28. The number of rotatable bonds is 3. The van der Waals surface area contributed by atoms with Gasteiger partial charge in [0.25, 0.3) is 0 Å². The Bertz CT molecular complexity index is 1200. The third-order valence-electron chi connectivity index (χ3n) is 5.76. The Hall–Kier alpha value is -2.50. The lowest BCUT2D eigenvalue weighted by Gasteiger charge is -2.33. The molecule has 0 bridgehead atoms. The lowest BCUT2D eigenvalue weighted by molar-refractivity contribution is 0.414. The van der Waals surface area contributed by atoms with Crippen LogP contribution in [0.25, 0.3) is 11.4 Å². The number of aryl methyl sites for hydroxylation is 1. The van der Waals surface area contributed by atoms with E-state index < -0.39 is 5.41 Å². The van der Waals surface area contributed by atoms with Crippen molar-refractivity contribution in [2.45, 2.75) is 12.3 Å². The summed E-state index contributed by atoms with van der Waals surface area (Å²) in [5, 5.41) is 0. The highest BCUT2D eigenvalue weighted by Crippen LogP contribution is 2.55. The fourth-order valence-electron chi connectivity index (χ4n) is 4.42. The Morgan fingerprint density at radius 3 is 1.60 bits per heavy atom. The normalized spacial score (nSPS) is 13.6. The number of methoxy groups -OCH3 is 1. The number of hydrogen-bond acceptors (Lipinski definition) is 3. The van der Waals surface area contributed by atoms with Crippen LogP contribution in [-0.2, 0) is 5.41 Å². The number of aromatic nitrogens is 2. The molecular formula is C25H18Br2N2O. The van der Waals surface area contributed by atoms with Crippen LogP contribution in [-0.4, -0.2) is 17.1 Å². The minimum atomic E-state index is -0.508. The van der Waals surface area contributed by atoms with Gasteiger partial charge < -0.3 is 4.74 Å². The van der Waals surface area contributed by atoms with Gasteiger partial charge in [-0.1, -0.05) is 54.1 Å². The molecule has 0 saturated carbocycles. The van der Waals surface area contributed by atoms with Gasteiger partial charge >= 0.3 is 0 Å². The van der Waals surface area contributed by atoms with E-state index in [1.54, 1.807) is 7.11 Å². The van der Waals surface area contributed by atoms with E-state index in [2.05, 4.69) is 87.3 Å². The van der Waals surface area contributed by atoms with Gasteiger partial charge in [0.15, 0.2) is 0 Å². The molecule has 2 aromatic heterocycles. The fraction of sp³-hybridized carbons (Fsp3) is 0.120. The van der Waals surface area contributed by atoms with E-state index in [1.165, 1.54) is 11.1 Å². The van der Waals surface area contributed by atoms with Gasteiger partial charge in [-0.05, 0) is 85.3 Å². The molecule has 30 heavy (non-hydrogen) atoms. The van der Waals surface area contributed by atoms with E-state index in [9.17, 15) is 0 Å². The second-order valence-electron chi connectivity index (χ2n) is 7.40. The summed E-state index contributed by atoms with van der Waals surface area (Å²) in [7, 11) is 1.69. The number of halogens is 2. The Morgan fingerprint density at radius 2 is 1.13 bits per heavy atom. The van der Waals surface area contributed by atoms with E-state index in [4.69, 9.17) is 14.7 Å². The van der Waals surface area contributed by atoms with Crippen LogP contribution in [0.1, 0.15) is 27.8 Å². The smallest absolute Gasteiger partial charge is 0.118 e. The van der Waals surface area contributed by atoms with Crippen molar-refractivity contribution in [2.24, 2.45) is 0 Å². The van der Waals surface area contributed by atoms with Crippen LogP contribution in [0.4, 0.5) is 0 Å². The van der Waals surface area contributed by atoms with Crippen LogP contribution in [0.5, 0.6) is 5.75 Å². The zero-order valence-electron chi connectivity index (χ0n) is 16.5. The zero-order valence-corrected chi connectivity index (χ0v) is 19.7.